The summed E-state index contributed by atoms with van der Waals surface area (Å²) in [7, 11) is 0. The zero-order valence-corrected chi connectivity index (χ0v) is 13.5. The normalized spacial score (nSPS) is 21.7. The zero-order valence-electron chi connectivity index (χ0n) is 13.5. The minimum absolute atomic E-state index is 0.0609. The molecule has 0 aromatic carbocycles. The number of guanidine groups is 1. The van der Waals surface area contributed by atoms with Crippen molar-refractivity contribution < 1.29 is 14.3 Å². The van der Waals surface area contributed by atoms with E-state index in [-0.39, 0.29) is 18.6 Å². The molecular formula is C16H26N4O3. The van der Waals surface area contributed by atoms with Gasteiger partial charge in [-0.05, 0) is 44.7 Å². The van der Waals surface area contributed by atoms with E-state index in [1.807, 2.05) is 13.0 Å². The van der Waals surface area contributed by atoms with Crippen LogP contribution in [0, 0.1) is 0 Å². The molecule has 1 aromatic rings. The lowest BCUT2D eigenvalue weighted by molar-refractivity contribution is -0.119. The molecule has 7 heteroatoms. The maximum atomic E-state index is 11.8. The number of nitrogens with one attached hydrogen (secondary N) is 3. The van der Waals surface area contributed by atoms with Crippen molar-refractivity contribution in [1.29, 1.82) is 0 Å². The van der Waals surface area contributed by atoms with Gasteiger partial charge >= 0.3 is 0 Å². The largest absolute Gasteiger partial charge is 0.467 e. The lowest BCUT2D eigenvalue weighted by Crippen LogP contribution is -2.45. The Morgan fingerprint density at radius 3 is 2.78 bits per heavy atom. The third-order valence-corrected chi connectivity index (χ3v) is 3.80. The molecule has 0 saturated heterocycles. The van der Waals surface area contributed by atoms with Gasteiger partial charge in [0.2, 0.25) is 5.91 Å². The number of nitrogens with zero attached hydrogens (tertiary/aromatic N) is 1. The third-order valence-electron chi connectivity index (χ3n) is 3.80. The Bertz CT molecular complexity index is 493. The van der Waals surface area contributed by atoms with Crippen molar-refractivity contribution in [3.63, 3.8) is 0 Å². The number of amides is 1. The Kier molecular flexibility index (Phi) is 6.93. The molecule has 0 bridgehead atoms. The van der Waals surface area contributed by atoms with Crippen LogP contribution >= 0.6 is 0 Å². The summed E-state index contributed by atoms with van der Waals surface area (Å²) in [6, 6.07) is 3.89. The fraction of sp³-hybridized carbons (Fsp3) is 0.625. The highest BCUT2D eigenvalue weighted by atomic mass is 16.3. The van der Waals surface area contributed by atoms with Crippen LogP contribution in [0.1, 0.15) is 38.4 Å². The molecule has 7 nitrogen and oxygen atoms in total. The van der Waals surface area contributed by atoms with Gasteiger partial charge in [0.25, 0.3) is 0 Å². The lowest BCUT2D eigenvalue weighted by atomic mass is 9.93. The van der Waals surface area contributed by atoms with Crippen LogP contribution in [0.3, 0.4) is 0 Å². The monoisotopic (exact) mass is 322 g/mol. The highest BCUT2D eigenvalue weighted by molar-refractivity contribution is 5.85. The molecule has 0 radical (unpaired) electrons. The highest BCUT2D eigenvalue weighted by Gasteiger charge is 2.20. The van der Waals surface area contributed by atoms with Crippen LogP contribution in [-0.4, -0.2) is 42.2 Å². The predicted octanol–water partition coefficient (Wildman–Crippen LogP) is 0.754. The molecule has 4 N–H and O–H groups in total. The van der Waals surface area contributed by atoms with Crippen molar-refractivity contribution >= 4 is 11.9 Å². The summed E-state index contributed by atoms with van der Waals surface area (Å²) in [4.78, 5) is 16.1. The summed E-state index contributed by atoms with van der Waals surface area (Å²) >= 11 is 0. The molecule has 1 aromatic heterocycles. The van der Waals surface area contributed by atoms with Gasteiger partial charge in [-0.15, -0.1) is 0 Å². The molecule has 1 heterocycles. The Labute approximate surface area is 136 Å². The van der Waals surface area contributed by atoms with Gasteiger partial charge in [0.15, 0.2) is 5.96 Å². The molecule has 2 rings (SSSR count). The summed E-state index contributed by atoms with van der Waals surface area (Å²) in [5.41, 5.74) is 0. The molecule has 0 unspecified atom stereocenters. The summed E-state index contributed by atoms with van der Waals surface area (Å²) in [6.45, 7) is 3.14. The summed E-state index contributed by atoms with van der Waals surface area (Å²) in [6.07, 6.45) is 4.84. The molecule has 1 saturated carbocycles. The van der Waals surface area contributed by atoms with Gasteiger partial charge < -0.3 is 25.5 Å². The smallest absolute Gasteiger partial charge is 0.242 e. The van der Waals surface area contributed by atoms with Crippen LogP contribution in [0.2, 0.25) is 0 Å². The van der Waals surface area contributed by atoms with E-state index < -0.39 is 0 Å². The minimum atomic E-state index is -0.181. The Hall–Kier alpha value is -2.02. The molecule has 1 fully saturated rings. The SMILES string of the molecule is CCNC(=NCC(=O)NCc1ccco1)NC1CCC(O)CC1. The van der Waals surface area contributed by atoms with Crippen LogP contribution < -0.4 is 16.0 Å². The first-order valence-corrected chi connectivity index (χ1v) is 8.19. The number of aliphatic hydroxyl groups is 1. The van der Waals surface area contributed by atoms with Crippen LogP contribution in [0.25, 0.3) is 0 Å². The van der Waals surface area contributed by atoms with Gasteiger partial charge in [-0.1, -0.05) is 0 Å². The van der Waals surface area contributed by atoms with E-state index in [1.54, 1.807) is 12.3 Å². The van der Waals surface area contributed by atoms with E-state index in [9.17, 15) is 9.90 Å². The second-order valence-electron chi connectivity index (χ2n) is 5.70. The number of hydrogen-bond donors (Lipinski definition) is 4. The van der Waals surface area contributed by atoms with Crippen LogP contribution in [-0.2, 0) is 11.3 Å². The average Bonchev–Trinajstić information content (AvgIpc) is 3.06. The van der Waals surface area contributed by atoms with Crippen molar-refractivity contribution in [3.8, 4) is 0 Å². The van der Waals surface area contributed by atoms with E-state index >= 15 is 0 Å². The molecule has 23 heavy (non-hydrogen) atoms. The first-order valence-electron chi connectivity index (χ1n) is 8.19. The number of rotatable bonds is 6. The summed E-state index contributed by atoms with van der Waals surface area (Å²) in [5, 5.41) is 18.8. The van der Waals surface area contributed by atoms with Crippen molar-refractivity contribution in [2.75, 3.05) is 13.1 Å². The van der Waals surface area contributed by atoms with E-state index in [0.717, 1.165) is 32.2 Å². The van der Waals surface area contributed by atoms with Gasteiger partial charge in [-0.2, -0.15) is 0 Å². The molecule has 128 valence electrons. The van der Waals surface area contributed by atoms with Gasteiger partial charge in [0, 0.05) is 12.6 Å². The highest BCUT2D eigenvalue weighted by Crippen LogP contribution is 2.18. The first-order chi connectivity index (χ1) is 11.2. The Morgan fingerprint density at radius 2 is 2.13 bits per heavy atom. The number of furan rings is 1. The van der Waals surface area contributed by atoms with E-state index in [2.05, 4.69) is 20.9 Å². The molecule has 1 aliphatic carbocycles. The van der Waals surface area contributed by atoms with Crippen LogP contribution in [0.5, 0.6) is 0 Å². The number of aliphatic imine (C=N–C) groups is 1. The molecule has 1 aliphatic rings. The van der Waals surface area contributed by atoms with Crippen molar-refractivity contribution in [3.05, 3.63) is 24.2 Å². The van der Waals surface area contributed by atoms with Crippen molar-refractivity contribution in [1.82, 2.24) is 16.0 Å². The van der Waals surface area contributed by atoms with Crippen molar-refractivity contribution in [2.24, 2.45) is 4.99 Å². The summed E-state index contributed by atoms with van der Waals surface area (Å²) in [5.74, 6) is 1.20. The van der Waals surface area contributed by atoms with E-state index in [4.69, 9.17) is 4.42 Å². The fourth-order valence-corrected chi connectivity index (χ4v) is 2.54. The van der Waals surface area contributed by atoms with E-state index in [0.29, 0.717) is 24.3 Å². The lowest BCUT2D eigenvalue weighted by Gasteiger charge is -2.27. The van der Waals surface area contributed by atoms with Crippen LogP contribution in [0.15, 0.2) is 27.8 Å². The fourth-order valence-electron chi connectivity index (χ4n) is 2.54. The number of carbonyl (C=O) groups excluding carboxylic acids is 1. The van der Waals surface area contributed by atoms with Gasteiger partial charge in [-0.25, -0.2) is 4.99 Å². The standard InChI is InChI=1S/C16H26N4O3/c1-2-17-16(20-12-5-7-13(21)8-6-12)19-11-15(22)18-10-14-4-3-9-23-14/h3-4,9,12-13,21H,2,5-8,10-11H2,1H3,(H,18,22)(H2,17,19,20). The average molecular weight is 322 g/mol. The van der Waals surface area contributed by atoms with Crippen LogP contribution in [0.4, 0.5) is 0 Å². The Balaban J connectivity index is 1.76. The number of aliphatic hydroxyl groups excluding tert-OH is 1. The first kappa shape index (κ1) is 17.3. The molecule has 0 spiro atoms. The predicted molar refractivity (Wildman–Crippen MR) is 87.9 cm³/mol. The zero-order chi connectivity index (χ0) is 16.5. The molecular weight excluding hydrogens is 296 g/mol. The summed E-state index contributed by atoms with van der Waals surface area (Å²) < 4.78 is 5.16. The topological polar surface area (TPSA) is 98.9 Å². The van der Waals surface area contributed by atoms with Gasteiger partial charge in [0.1, 0.15) is 12.3 Å². The number of hydrogen-bond acceptors (Lipinski definition) is 4. The maximum absolute atomic E-state index is 11.8. The molecule has 0 aliphatic heterocycles. The maximum Gasteiger partial charge on any atom is 0.242 e. The molecule has 0 atom stereocenters. The second-order valence-corrected chi connectivity index (χ2v) is 5.70. The van der Waals surface area contributed by atoms with Gasteiger partial charge in [-0.3, -0.25) is 4.79 Å². The number of carbonyl (C=O) groups is 1. The van der Waals surface area contributed by atoms with Gasteiger partial charge in [0.05, 0.1) is 18.9 Å². The van der Waals surface area contributed by atoms with E-state index in [1.165, 1.54) is 0 Å². The molecule has 1 amide bonds. The Morgan fingerprint density at radius 1 is 1.35 bits per heavy atom. The minimum Gasteiger partial charge on any atom is -0.467 e. The van der Waals surface area contributed by atoms with Crippen molar-refractivity contribution in [2.45, 2.75) is 51.3 Å². The second kappa shape index (κ2) is 9.19. The quantitative estimate of drug-likeness (QED) is 0.458. The third kappa shape index (κ3) is 6.32.